The summed E-state index contributed by atoms with van der Waals surface area (Å²) in [4.78, 5) is 32.1. The van der Waals surface area contributed by atoms with Crippen LogP contribution in [0.15, 0.2) is 94.4 Å². The Morgan fingerprint density at radius 1 is 1.14 bits per heavy atom. The number of rotatable bonds is 13. The van der Waals surface area contributed by atoms with Gasteiger partial charge in [-0.2, -0.15) is 0 Å². The van der Waals surface area contributed by atoms with Crippen LogP contribution >= 0.6 is 11.8 Å². The van der Waals surface area contributed by atoms with Gasteiger partial charge in [0.05, 0.1) is 16.5 Å². The molecule has 7 heteroatoms. The lowest BCUT2D eigenvalue weighted by molar-refractivity contribution is -0.105. The first-order valence-corrected chi connectivity index (χ1v) is 12.9. The van der Waals surface area contributed by atoms with Crippen molar-refractivity contribution >= 4 is 31.1 Å². The van der Waals surface area contributed by atoms with Gasteiger partial charge in [0.1, 0.15) is 6.29 Å². The molecule has 2 rings (SSSR count). The van der Waals surface area contributed by atoms with Gasteiger partial charge in [-0.05, 0) is 74.6 Å². The van der Waals surface area contributed by atoms with Crippen molar-refractivity contribution in [2.75, 3.05) is 20.0 Å². The molecular weight excluding hydrogens is 468 g/mol. The quantitative estimate of drug-likeness (QED) is 0.120. The minimum atomic E-state index is 0.572. The Morgan fingerprint density at radius 2 is 1.83 bits per heavy atom. The molecule has 0 bridgehead atoms. The number of nitrogens with zero attached hydrogens (tertiary/aromatic N) is 3. The Labute approximate surface area is 221 Å². The van der Waals surface area contributed by atoms with E-state index in [9.17, 15) is 9.59 Å². The second-order valence-corrected chi connectivity index (χ2v) is 8.31. The number of allylic oxidation sites excluding steroid dienone is 5. The smallest absolute Gasteiger partial charge is 0.158 e. The van der Waals surface area contributed by atoms with Crippen molar-refractivity contribution in [3.8, 4) is 0 Å². The molecule has 1 N–H and O–H groups in total. The lowest BCUT2D eigenvalue weighted by atomic mass is 10.0. The number of carbonyl (C=O) groups is 2. The van der Waals surface area contributed by atoms with Gasteiger partial charge >= 0.3 is 0 Å². The molecule has 0 aliphatic rings. The van der Waals surface area contributed by atoms with Gasteiger partial charge in [-0.25, -0.2) is 0 Å². The molecule has 36 heavy (non-hydrogen) atoms. The van der Waals surface area contributed by atoms with Gasteiger partial charge in [-0.1, -0.05) is 62.0 Å². The van der Waals surface area contributed by atoms with E-state index in [1.807, 2.05) is 81.6 Å². The fourth-order valence-electron chi connectivity index (χ4n) is 2.69. The molecule has 194 valence electrons. The SMILES string of the molecule is C=N/C(C)=C(/C=O)SCN(C)/C=C\C(=C/C=O)CCc1ccccc1.CC.CNCc1cccnc1. The van der Waals surface area contributed by atoms with Crippen molar-refractivity contribution in [3.63, 3.8) is 0 Å². The molecule has 0 aliphatic carbocycles. The molecule has 1 aromatic heterocycles. The van der Waals surface area contributed by atoms with Crippen LogP contribution in [0.3, 0.4) is 0 Å². The maximum Gasteiger partial charge on any atom is 0.158 e. The van der Waals surface area contributed by atoms with E-state index in [1.165, 1.54) is 22.9 Å². The maximum absolute atomic E-state index is 11.0. The zero-order valence-electron chi connectivity index (χ0n) is 22.2. The van der Waals surface area contributed by atoms with E-state index in [2.05, 4.69) is 34.1 Å². The van der Waals surface area contributed by atoms with Crippen LogP contribution in [0.5, 0.6) is 0 Å². The van der Waals surface area contributed by atoms with E-state index in [1.54, 1.807) is 19.2 Å². The highest BCUT2D eigenvalue weighted by Crippen LogP contribution is 2.19. The number of aldehydes is 2. The summed E-state index contributed by atoms with van der Waals surface area (Å²) in [7, 11) is 3.84. The van der Waals surface area contributed by atoms with Crippen LogP contribution < -0.4 is 5.32 Å². The van der Waals surface area contributed by atoms with Crippen LogP contribution in [0.1, 0.15) is 38.3 Å². The number of benzene rings is 1. The predicted molar refractivity (Wildman–Crippen MR) is 155 cm³/mol. The molecule has 0 saturated heterocycles. The molecule has 0 unspecified atom stereocenters. The van der Waals surface area contributed by atoms with Crippen molar-refractivity contribution < 1.29 is 9.59 Å². The fourth-order valence-corrected chi connectivity index (χ4v) is 3.46. The Kier molecular flexibility index (Phi) is 20.2. The first kappa shape index (κ1) is 32.7. The average molecular weight is 509 g/mol. The highest BCUT2D eigenvalue weighted by atomic mass is 32.2. The van der Waals surface area contributed by atoms with Crippen LogP contribution in [0, 0.1) is 0 Å². The lowest BCUT2D eigenvalue weighted by Gasteiger charge is -2.14. The molecule has 0 saturated carbocycles. The fraction of sp³-hybridized carbons (Fsp3) is 0.310. The molecule has 0 atom stereocenters. The van der Waals surface area contributed by atoms with E-state index < -0.39 is 0 Å². The third kappa shape index (κ3) is 15.6. The molecule has 6 nitrogen and oxygen atoms in total. The average Bonchev–Trinajstić information content (AvgIpc) is 2.93. The molecule has 2 aromatic rings. The Hall–Kier alpha value is -3.29. The van der Waals surface area contributed by atoms with Crippen LogP contribution in [-0.4, -0.2) is 49.1 Å². The van der Waals surface area contributed by atoms with Gasteiger partial charge in [-0.15, -0.1) is 0 Å². The highest BCUT2D eigenvalue weighted by Gasteiger charge is 2.03. The summed E-state index contributed by atoms with van der Waals surface area (Å²) in [6, 6.07) is 14.2. The summed E-state index contributed by atoms with van der Waals surface area (Å²) in [5, 5.41) is 3.04. The Bertz CT molecular complexity index is 958. The normalized spacial score (nSPS) is 11.3. The van der Waals surface area contributed by atoms with E-state index >= 15 is 0 Å². The number of pyridine rings is 1. The van der Waals surface area contributed by atoms with E-state index in [0.29, 0.717) is 16.5 Å². The minimum absolute atomic E-state index is 0.572. The number of aryl methyl sites for hydroxylation is 1. The summed E-state index contributed by atoms with van der Waals surface area (Å²) in [5.41, 5.74) is 4.05. The van der Waals surface area contributed by atoms with Crippen molar-refractivity contribution in [2.24, 2.45) is 4.99 Å². The van der Waals surface area contributed by atoms with Gasteiger partial charge in [-0.3, -0.25) is 19.6 Å². The molecule has 1 heterocycles. The van der Waals surface area contributed by atoms with Gasteiger partial charge in [0.15, 0.2) is 6.29 Å². The monoisotopic (exact) mass is 508 g/mol. The second kappa shape index (κ2) is 22.2. The summed E-state index contributed by atoms with van der Waals surface area (Å²) in [6.07, 6.45) is 12.3. The van der Waals surface area contributed by atoms with E-state index in [4.69, 9.17) is 0 Å². The van der Waals surface area contributed by atoms with Crippen LogP contribution in [0.25, 0.3) is 0 Å². The topological polar surface area (TPSA) is 74.7 Å². The lowest BCUT2D eigenvalue weighted by Crippen LogP contribution is -2.10. The second-order valence-electron chi connectivity index (χ2n) is 7.33. The van der Waals surface area contributed by atoms with Crippen molar-refractivity contribution in [1.29, 1.82) is 0 Å². The van der Waals surface area contributed by atoms with Crippen molar-refractivity contribution in [1.82, 2.24) is 15.2 Å². The van der Waals surface area contributed by atoms with Crippen LogP contribution in [0.4, 0.5) is 0 Å². The standard InChI is InChI=1S/C20H24N2O2S.C7H10N2.C2H6/c1-17(21-2)20(15-24)25-16-22(3)13-11-19(12-14-23)10-9-18-7-5-4-6-8-18;1-8-5-7-3-2-4-9-6-7;1-2/h4-8,11-15H,2,9-10,16H2,1,3H3;2-4,6,8H,5H2,1H3;1-2H3/b13-11-,19-12-,20-17-;;. The Morgan fingerprint density at radius 3 is 2.39 bits per heavy atom. The molecular formula is C29H40N4O2S. The van der Waals surface area contributed by atoms with Gasteiger partial charge in [0, 0.05) is 26.0 Å². The minimum Gasteiger partial charge on any atom is -0.371 e. The molecule has 1 aromatic carbocycles. The zero-order valence-corrected chi connectivity index (χ0v) is 23.0. The molecule has 0 spiro atoms. The number of aliphatic imine (C=N–C) groups is 1. The summed E-state index contributed by atoms with van der Waals surface area (Å²) in [5.74, 6) is 0.602. The molecule has 0 fully saturated rings. The van der Waals surface area contributed by atoms with E-state index in [-0.39, 0.29) is 0 Å². The summed E-state index contributed by atoms with van der Waals surface area (Å²) >= 11 is 1.40. The number of hydrogen-bond donors (Lipinski definition) is 1. The third-order valence-corrected chi connectivity index (χ3v) is 5.84. The number of aromatic nitrogens is 1. The molecule has 0 radical (unpaired) electrons. The zero-order chi connectivity index (χ0) is 27.0. The first-order chi connectivity index (χ1) is 17.5. The van der Waals surface area contributed by atoms with E-state index in [0.717, 1.165) is 37.5 Å². The maximum atomic E-state index is 11.0. The van der Waals surface area contributed by atoms with Gasteiger partial charge < -0.3 is 10.2 Å². The summed E-state index contributed by atoms with van der Waals surface area (Å²) in [6.45, 7) is 10.1. The van der Waals surface area contributed by atoms with Crippen molar-refractivity contribution in [3.05, 3.63) is 101 Å². The Balaban J connectivity index is 0.000000922. The molecule has 0 aliphatic heterocycles. The van der Waals surface area contributed by atoms with Gasteiger partial charge in [0.2, 0.25) is 0 Å². The number of carbonyl (C=O) groups excluding carboxylic acids is 2. The van der Waals surface area contributed by atoms with Gasteiger partial charge in [0.25, 0.3) is 0 Å². The van der Waals surface area contributed by atoms with Crippen LogP contribution in [0.2, 0.25) is 0 Å². The number of thioether (sulfide) groups is 1. The van der Waals surface area contributed by atoms with Crippen LogP contribution in [-0.2, 0) is 22.6 Å². The molecule has 0 amide bonds. The summed E-state index contributed by atoms with van der Waals surface area (Å²) < 4.78 is 0. The first-order valence-electron chi connectivity index (χ1n) is 11.9. The largest absolute Gasteiger partial charge is 0.371 e. The predicted octanol–water partition coefficient (Wildman–Crippen LogP) is 5.84. The number of nitrogens with one attached hydrogen (secondary N) is 1. The van der Waals surface area contributed by atoms with Crippen molar-refractivity contribution in [2.45, 2.75) is 40.2 Å². The number of hydrogen-bond acceptors (Lipinski definition) is 7. The highest BCUT2D eigenvalue weighted by molar-refractivity contribution is 8.03. The third-order valence-electron chi connectivity index (χ3n) is 4.60.